The number of fused-ring (bicyclic) bond motifs is 1. The van der Waals surface area contributed by atoms with E-state index in [1.165, 1.54) is 11.3 Å². The van der Waals surface area contributed by atoms with Crippen LogP contribution in [-0.4, -0.2) is 32.5 Å². The maximum atomic E-state index is 12.8. The zero-order chi connectivity index (χ0) is 15.9. The summed E-state index contributed by atoms with van der Waals surface area (Å²) in [6.45, 7) is 1.63. The van der Waals surface area contributed by atoms with Gasteiger partial charge in [-0.25, -0.2) is 8.42 Å². The van der Waals surface area contributed by atoms with Gasteiger partial charge in [-0.2, -0.15) is 4.31 Å². The van der Waals surface area contributed by atoms with Gasteiger partial charge in [-0.15, -0.1) is 11.3 Å². The molecule has 122 valence electrons. The van der Waals surface area contributed by atoms with Crippen LogP contribution >= 0.6 is 11.3 Å². The fraction of sp³-hybridized carbons (Fsp3) is 0.375. The number of thiophene rings is 1. The lowest BCUT2D eigenvalue weighted by atomic mass is 10.0. The molecule has 0 unspecified atom stereocenters. The molecule has 23 heavy (non-hydrogen) atoms. The van der Waals surface area contributed by atoms with Crippen molar-refractivity contribution in [2.75, 3.05) is 19.8 Å². The van der Waals surface area contributed by atoms with E-state index in [0.717, 1.165) is 24.2 Å². The van der Waals surface area contributed by atoms with Crippen LogP contribution in [0.3, 0.4) is 0 Å². The van der Waals surface area contributed by atoms with Crippen molar-refractivity contribution in [1.29, 1.82) is 0 Å². The van der Waals surface area contributed by atoms with Gasteiger partial charge in [0.25, 0.3) is 10.0 Å². The minimum absolute atomic E-state index is 0.141. The first-order chi connectivity index (χ1) is 11.2. The summed E-state index contributed by atoms with van der Waals surface area (Å²) in [6, 6.07) is 9.03. The van der Waals surface area contributed by atoms with E-state index in [9.17, 15) is 8.42 Å². The Bertz CT molecular complexity index is 801. The van der Waals surface area contributed by atoms with Crippen LogP contribution in [0.4, 0.5) is 0 Å². The minimum atomic E-state index is -3.43. The molecule has 0 amide bonds. The molecule has 1 saturated heterocycles. The Balaban J connectivity index is 1.68. The Labute approximate surface area is 139 Å². The molecule has 0 saturated carbocycles. The first-order valence-electron chi connectivity index (χ1n) is 7.61. The predicted octanol–water partition coefficient (Wildman–Crippen LogP) is 3.05. The van der Waals surface area contributed by atoms with Crippen molar-refractivity contribution in [2.45, 2.75) is 23.1 Å². The number of rotatable bonds is 3. The van der Waals surface area contributed by atoms with E-state index >= 15 is 0 Å². The molecular weight excluding hydrogens is 334 g/mol. The van der Waals surface area contributed by atoms with Crippen molar-refractivity contribution in [3.05, 3.63) is 41.3 Å². The van der Waals surface area contributed by atoms with E-state index in [1.807, 2.05) is 18.2 Å². The van der Waals surface area contributed by atoms with Crippen molar-refractivity contribution in [3.8, 4) is 11.5 Å². The van der Waals surface area contributed by atoms with Gasteiger partial charge in [0.15, 0.2) is 11.5 Å². The van der Waals surface area contributed by atoms with Gasteiger partial charge >= 0.3 is 0 Å². The summed E-state index contributed by atoms with van der Waals surface area (Å²) in [5.74, 6) is 1.43. The molecule has 2 aliphatic heterocycles. The maximum absolute atomic E-state index is 12.8. The summed E-state index contributed by atoms with van der Waals surface area (Å²) in [6.07, 6.45) is 1.69. The minimum Gasteiger partial charge on any atom is -0.486 e. The number of hydrogen-bond acceptors (Lipinski definition) is 5. The van der Waals surface area contributed by atoms with Crippen LogP contribution in [0.1, 0.15) is 24.4 Å². The van der Waals surface area contributed by atoms with Crippen LogP contribution in [0.5, 0.6) is 11.5 Å². The first-order valence-corrected chi connectivity index (χ1v) is 9.93. The summed E-state index contributed by atoms with van der Waals surface area (Å²) in [4.78, 5) is 0. The molecule has 1 aromatic carbocycles. The molecule has 1 aromatic heterocycles. The molecule has 2 aromatic rings. The van der Waals surface area contributed by atoms with Crippen LogP contribution < -0.4 is 9.47 Å². The van der Waals surface area contributed by atoms with Gasteiger partial charge in [0.1, 0.15) is 17.4 Å². The van der Waals surface area contributed by atoms with Gasteiger partial charge in [-0.05, 0) is 42.0 Å². The smallest absolute Gasteiger partial charge is 0.253 e. The highest BCUT2D eigenvalue weighted by molar-refractivity contribution is 7.91. The van der Waals surface area contributed by atoms with Crippen LogP contribution in [0, 0.1) is 0 Å². The molecule has 0 spiro atoms. The molecule has 0 N–H and O–H groups in total. The molecule has 0 radical (unpaired) electrons. The van der Waals surface area contributed by atoms with E-state index in [-0.39, 0.29) is 6.04 Å². The van der Waals surface area contributed by atoms with E-state index in [1.54, 1.807) is 21.8 Å². The van der Waals surface area contributed by atoms with E-state index in [0.29, 0.717) is 29.7 Å². The third kappa shape index (κ3) is 2.62. The zero-order valence-corrected chi connectivity index (χ0v) is 14.1. The highest BCUT2D eigenvalue weighted by Crippen LogP contribution is 2.40. The SMILES string of the molecule is O=S(=O)(c1cccs1)N1CCC[C@H]1c1ccc2c(c1)OCCO2. The summed E-state index contributed by atoms with van der Waals surface area (Å²) < 4.78 is 38.9. The third-order valence-electron chi connectivity index (χ3n) is 4.21. The molecule has 1 fully saturated rings. The lowest BCUT2D eigenvalue weighted by Gasteiger charge is -2.25. The molecule has 4 rings (SSSR count). The Hall–Kier alpha value is -1.57. The summed E-state index contributed by atoms with van der Waals surface area (Å²) in [7, 11) is -3.43. The summed E-state index contributed by atoms with van der Waals surface area (Å²) >= 11 is 1.26. The molecule has 2 aliphatic rings. The van der Waals surface area contributed by atoms with Crippen LogP contribution in [0.2, 0.25) is 0 Å². The molecule has 5 nitrogen and oxygen atoms in total. The second-order valence-corrected chi connectivity index (χ2v) is 8.67. The largest absolute Gasteiger partial charge is 0.486 e. The fourth-order valence-corrected chi connectivity index (χ4v) is 5.96. The van der Waals surface area contributed by atoms with Gasteiger partial charge in [-0.3, -0.25) is 0 Å². The Morgan fingerprint density at radius 2 is 1.96 bits per heavy atom. The van der Waals surface area contributed by atoms with Crippen LogP contribution in [-0.2, 0) is 10.0 Å². The monoisotopic (exact) mass is 351 g/mol. The molecule has 7 heteroatoms. The highest BCUT2D eigenvalue weighted by Gasteiger charge is 2.37. The molecule has 0 aliphatic carbocycles. The van der Waals surface area contributed by atoms with Gasteiger partial charge in [-0.1, -0.05) is 12.1 Å². The summed E-state index contributed by atoms with van der Waals surface area (Å²) in [5.41, 5.74) is 0.965. The van der Waals surface area contributed by atoms with Gasteiger partial charge in [0.05, 0.1) is 6.04 Å². The highest BCUT2D eigenvalue weighted by atomic mass is 32.2. The van der Waals surface area contributed by atoms with Gasteiger partial charge in [0.2, 0.25) is 0 Å². The average molecular weight is 351 g/mol. The van der Waals surface area contributed by atoms with Crippen LogP contribution in [0.25, 0.3) is 0 Å². The quantitative estimate of drug-likeness (QED) is 0.853. The topological polar surface area (TPSA) is 55.8 Å². The average Bonchev–Trinajstić information content (AvgIpc) is 3.26. The van der Waals surface area contributed by atoms with E-state index in [2.05, 4.69) is 0 Å². The second-order valence-electron chi connectivity index (χ2n) is 5.61. The summed E-state index contributed by atoms with van der Waals surface area (Å²) in [5, 5.41) is 1.79. The molecule has 1 atom stereocenters. The maximum Gasteiger partial charge on any atom is 0.253 e. The third-order valence-corrected chi connectivity index (χ3v) is 7.49. The Morgan fingerprint density at radius 3 is 2.74 bits per heavy atom. The Kier molecular flexibility index (Phi) is 3.79. The van der Waals surface area contributed by atoms with E-state index < -0.39 is 10.0 Å². The molecule has 0 bridgehead atoms. The van der Waals surface area contributed by atoms with Crippen molar-refractivity contribution in [2.24, 2.45) is 0 Å². The van der Waals surface area contributed by atoms with Gasteiger partial charge < -0.3 is 9.47 Å². The number of sulfonamides is 1. The molecule has 3 heterocycles. The standard InChI is InChI=1S/C16H17NO4S2/c18-23(19,16-4-2-10-22-16)17-7-1-3-13(17)12-5-6-14-15(11-12)21-9-8-20-14/h2,4-6,10-11,13H,1,3,7-9H2/t13-/m0/s1. The number of benzene rings is 1. The van der Waals surface area contributed by atoms with Crippen molar-refractivity contribution < 1.29 is 17.9 Å². The van der Waals surface area contributed by atoms with E-state index in [4.69, 9.17) is 9.47 Å². The van der Waals surface area contributed by atoms with Crippen molar-refractivity contribution in [3.63, 3.8) is 0 Å². The normalized spacial score (nSPS) is 21.5. The number of ether oxygens (including phenoxy) is 2. The zero-order valence-electron chi connectivity index (χ0n) is 12.5. The number of nitrogens with zero attached hydrogens (tertiary/aromatic N) is 1. The van der Waals surface area contributed by atoms with Crippen molar-refractivity contribution in [1.82, 2.24) is 4.31 Å². The van der Waals surface area contributed by atoms with Gasteiger partial charge in [0, 0.05) is 6.54 Å². The molecular formula is C16H17NO4S2. The first kappa shape index (κ1) is 15.0. The lowest BCUT2D eigenvalue weighted by Crippen LogP contribution is -2.30. The fourth-order valence-electron chi connectivity index (χ4n) is 3.15. The Morgan fingerprint density at radius 1 is 1.13 bits per heavy atom. The van der Waals surface area contributed by atoms with Crippen molar-refractivity contribution >= 4 is 21.4 Å². The lowest BCUT2D eigenvalue weighted by molar-refractivity contribution is 0.171. The second kappa shape index (κ2) is 5.81. The number of hydrogen-bond donors (Lipinski definition) is 0. The predicted molar refractivity (Wildman–Crippen MR) is 87.6 cm³/mol. The van der Waals surface area contributed by atoms with Crippen LogP contribution in [0.15, 0.2) is 39.9 Å².